The van der Waals surface area contributed by atoms with Crippen LogP contribution in [0.4, 0.5) is 5.69 Å². The van der Waals surface area contributed by atoms with Crippen molar-refractivity contribution in [1.82, 2.24) is 0 Å². The van der Waals surface area contributed by atoms with Crippen LogP contribution in [0.3, 0.4) is 0 Å². The van der Waals surface area contributed by atoms with Crippen molar-refractivity contribution in [2.24, 2.45) is 0 Å². The van der Waals surface area contributed by atoms with E-state index in [4.69, 9.17) is 19.6 Å². The van der Waals surface area contributed by atoms with Crippen molar-refractivity contribution in [1.29, 1.82) is 0 Å². The first-order valence-corrected chi connectivity index (χ1v) is 6.69. The summed E-state index contributed by atoms with van der Waals surface area (Å²) in [6, 6.07) is 12.2. The number of fused-ring (bicyclic) bond motifs is 1. The van der Waals surface area contributed by atoms with Gasteiger partial charge >= 0.3 is 0 Å². The summed E-state index contributed by atoms with van der Waals surface area (Å²) in [6.07, 6.45) is 0. The van der Waals surface area contributed by atoms with Gasteiger partial charge in [0.15, 0.2) is 5.76 Å². The van der Waals surface area contributed by atoms with Crippen LogP contribution in [0.2, 0.25) is 0 Å². The van der Waals surface area contributed by atoms with Gasteiger partial charge in [0.1, 0.15) is 11.3 Å². The van der Waals surface area contributed by atoms with Crippen molar-refractivity contribution in [3.05, 3.63) is 52.7 Å². The van der Waals surface area contributed by atoms with E-state index in [9.17, 15) is 4.79 Å². The van der Waals surface area contributed by atoms with E-state index in [1.807, 2.05) is 18.2 Å². The predicted molar refractivity (Wildman–Crippen MR) is 85.4 cm³/mol. The topological polar surface area (TPSA) is 74.7 Å². The van der Waals surface area contributed by atoms with Crippen molar-refractivity contribution in [2.75, 3.05) is 20.0 Å². The van der Waals surface area contributed by atoms with Crippen LogP contribution in [0.25, 0.3) is 22.3 Å². The number of nitrogens with two attached hydrogens (primary N) is 1. The maximum absolute atomic E-state index is 12.6. The van der Waals surface area contributed by atoms with Gasteiger partial charge < -0.3 is 19.6 Å². The van der Waals surface area contributed by atoms with Crippen LogP contribution in [0.1, 0.15) is 0 Å². The van der Waals surface area contributed by atoms with Crippen molar-refractivity contribution >= 4 is 16.7 Å². The van der Waals surface area contributed by atoms with Gasteiger partial charge in [-0.05, 0) is 30.3 Å². The Balaban J connectivity index is 2.33. The molecule has 0 aliphatic carbocycles. The fraction of sp³-hybridized carbons (Fsp3) is 0.118. The van der Waals surface area contributed by atoms with Crippen molar-refractivity contribution < 1.29 is 13.9 Å². The lowest BCUT2D eigenvalue weighted by atomic mass is 10.1. The first kappa shape index (κ1) is 14.0. The number of nitrogen functional groups attached to an aromatic ring is 1. The molecule has 0 amide bonds. The molecule has 1 heterocycles. The number of benzene rings is 2. The molecule has 22 heavy (non-hydrogen) atoms. The molecule has 0 unspecified atom stereocenters. The van der Waals surface area contributed by atoms with Crippen LogP contribution in [-0.4, -0.2) is 14.2 Å². The monoisotopic (exact) mass is 297 g/mol. The van der Waals surface area contributed by atoms with Gasteiger partial charge in [0.2, 0.25) is 11.2 Å². The highest BCUT2D eigenvalue weighted by atomic mass is 16.5. The zero-order valence-corrected chi connectivity index (χ0v) is 12.3. The van der Waals surface area contributed by atoms with Crippen LogP contribution in [0.15, 0.2) is 51.7 Å². The molecule has 5 heteroatoms. The molecule has 112 valence electrons. The molecule has 3 aromatic rings. The molecule has 2 N–H and O–H groups in total. The predicted octanol–water partition coefficient (Wildman–Crippen LogP) is 3.06. The van der Waals surface area contributed by atoms with E-state index in [1.54, 1.807) is 31.4 Å². The van der Waals surface area contributed by atoms with E-state index >= 15 is 0 Å². The Hall–Kier alpha value is -2.95. The van der Waals surface area contributed by atoms with E-state index in [-0.39, 0.29) is 11.2 Å². The molecule has 2 aromatic carbocycles. The molecule has 0 fully saturated rings. The Morgan fingerprint density at radius 2 is 1.86 bits per heavy atom. The lowest BCUT2D eigenvalue weighted by Crippen LogP contribution is -2.08. The van der Waals surface area contributed by atoms with Crippen LogP contribution >= 0.6 is 0 Å². The lowest BCUT2D eigenvalue weighted by molar-refractivity contribution is 0.398. The Labute approximate surface area is 126 Å². The van der Waals surface area contributed by atoms with Crippen LogP contribution in [0, 0.1) is 0 Å². The summed E-state index contributed by atoms with van der Waals surface area (Å²) in [7, 11) is 3.02. The molecule has 0 atom stereocenters. The number of anilines is 1. The van der Waals surface area contributed by atoms with Gasteiger partial charge in [-0.2, -0.15) is 0 Å². The summed E-state index contributed by atoms with van der Waals surface area (Å²) >= 11 is 0. The van der Waals surface area contributed by atoms with Gasteiger partial charge in [-0.25, -0.2) is 0 Å². The Bertz CT molecular complexity index is 899. The molecule has 0 bridgehead atoms. The SMILES string of the molecule is COc1cccc(-c2oc3ccc(N)cc3c(=O)c2OC)c1. The number of rotatable bonds is 3. The van der Waals surface area contributed by atoms with Crippen molar-refractivity contribution in [2.45, 2.75) is 0 Å². The van der Waals surface area contributed by atoms with Crippen molar-refractivity contribution in [3.63, 3.8) is 0 Å². The molecule has 0 radical (unpaired) electrons. The van der Waals surface area contributed by atoms with Gasteiger partial charge in [-0.15, -0.1) is 0 Å². The molecule has 5 nitrogen and oxygen atoms in total. The molecular weight excluding hydrogens is 282 g/mol. The van der Waals surface area contributed by atoms with E-state index in [0.717, 1.165) is 0 Å². The van der Waals surface area contributed by atoms with E-state index in [2.05, 4.69) is 0 Å². The summed E-state index contributed by atoms with van der Waals surface area (Å²) < 4.78 is 16.3. The minimum atomic E-state index is -0.256. The smallest absolute Gasteiger partial charge is 0.235 e. The maximum Gasteiger partial charge on any atom is 0.235 e. The van der Waals surface area contributed by atoms with Gasteiger partial charge in [-0.3, -0.25) is 4.79 Å². The molecule has 3 rings (SSSR count). The Kier molecular flexibility index (Phi) is 3.47. The zero-order valence-electron chi connectivity index (χ0n) is 12.3. The van der Waals surface area contributed by atoms with Crippen molar-refractivity contribution in [3.8, 4) is 22.8 Å². The fourth-order valence-corrected chi connectivity index (χ4v) is 2.34. The number of hydrogen-bond acceptors (Lipinski definition) is 5. The second-order valence-electron chi connectivity index (χ2n) is 4.78. The largest absolute Gasteiger partial charge is 0.497 e. The summed E-state index contributed by atoms with van der Waals surface area (Å²) in [6.45, 7) is 0. The molecule has 0 saturated carbocycles. The summed E-state index contributed by atoms with van der Waals surface area (Å²) in [5.74, 6) is 1.18. The Morgan fingerprint density at radius 1 is 1.05 bits per heavy atom. The highest BCUT2D eigenvalue weighted by Gasteiger charge is 2.17. The van der Waals surface area contributed by atoms with Gasteiger partial charge in [0, 0.05) is 11.3 Å². The summed E-state index contributed by atoms with van der Waals surface area (Å²) in [5.41, 5.74) is 7.13. The third kappa shape index (κ3) is 2.26. The summed E-state index contributed by atoms with van der Waals surface area (Å²) in [5, 5.41) is 0.392. The lowest BCUT2D eigenvalue weighted by Gasteiger charge is -2.10. The van der Waals surface area contributed by atoms with Crippen LogP contribution < -0.4 is 20.6 Å². The van der Waals surface area contributed by atoms with Crippen LogP contribution in [0.5, 0.6) is 11.5 Å². The molecule has 0 saturated heterocycles. The summed E-state index contributed by atoms with van der Waals surface area (Å²) in [4.78, 5) is 12.6. The van der Waals surface area contributed by atoms with Gasteiger partial charge in [0.05, 0.1) is 19.6 Å². The zero-order chi connectivity index (χ0) is 15.7. The van der Waals surface area contributed by atoms with Crippen LogP contribution in [-0.2, 0) is 0 Å². The highest BCUT2D eigenvalue weighted by Crippen LogP contribution is 2.32. The van der Waals surface area contributed by atoms with E-state index in [0.29, 0.717) is 33.7 Å². The number of methoxy groups -OCH3 is 2. The molecular formula is C17H15NO4. The minimum absolute atomic E-state index is 0.145. The third-order valence-corrected chi connectivity index (χ3v) is 3.41. The average molecular weight is 297 g/mol. The second kappa shape index (κ2) is 5.44. The minimum Gasteiger partial charge on any atom is -0.497 e. The fourth-order valence-electron chi connectivity index (χ4n) is 2.34. The van der Waals surface area contributed by atoms with Gasteiger partial charge in [-0.1, -0.05) is 12.1 Å². The second-order valence-corrected chi connectivity index (χ2v) is 4.78. The first-order chi connectivity index (χ1) is 10.6. The molecule has 1 aromatic heterocycles. The third-order valence-electron chi connectivity index (χ3n) is 3.41. The first-order valence-electron chi connectivity index (χ1n) is 6.69. The molecule has 0 aliphatic heterocycles. The van der Waals surface area contributed by atoms with E-state index in [1.165, 1.54) is 7.11 Å². The number of hydrogen-bond donors (Lipinski definition) is 1. The standard InChI is InChI=1S/C17H15NO4/c1-20-12-5-3-4-10(8-12)16-17(21-2)15(19)13-9-11(18)6-7-14(13)22-16/h3-9H,18H2,1-2H3. The highest BCUT2D eigenvalue weighted by molar-refractivity contribution is 5.84. The maximum atomic E-state index is 12.6. The molecule has 0 aliphatic rings. The normalized spacial score (nSPS) is 10.6. The average Bonchev–Trinajstić information content (AvgIpc) is 2.55. The molecule has 0 spiro atoms. The van der Waals surface area contributed by atoms with Gasteiger partial charge in [0.25, 0.3) is 0 Å². The number of ether oxygens (including phenoxy) is 2. The van der Waals surface area contributed by atoms with E-state index < -0.39 is 0 Å². The quantitative estimate of drug-likeness (QED) is 0.752. The Morgan fingerprint density at radius 3 is 2.59 bits per heavy atom.